The number of anilines is 1. The van der Waals surface area contributed by atoms with Gasteiger partial charge >= 0.3 is 0 Å². The molecular formula is C11H15N5OS. The molecule has 1 saturated heterocycles. The summed E-state index contributed by atoms with van der Waals surface area (Å²) < 4.78 is 2.00. The number of carbonyl (C=O) groups excluding carboxylic acids is 1. The Hall–Kier alpha value is -1.60. The van der Waals surface area contributed by atoms with Crippen LogP contribution in [0.5, 0.6) is 0 Å². The predicted octanol–water partition coefficient (Wildman–Crippen LogP) is 0.133. The van der Waals surface area contributed by atoms with Gasteiger partial charge in [0.15, 0.2) is 10.8 Å². The van der Waals surface area contributed by atoms with Gasteiger partial charge in [0, 0.05) is 38.3 Å². The fraction of sp³-hybridized carbons (Fsp3) is 0.455. The zero-order valence-electron chi connectivity index (χ0n) is 10.2. The standard InChI is InChI=1S/C11H15N5OS/c1-14-2-3-15(7-9(14)17)10-8(6-12)16-4-5-18-11(16)13-10/h4-5H,2-3,6-7,12H2,1H3. The summed E-state index contributed by atoms with van der Waals surface area (Å²) in [5.41, 5.74) is 6.79. The van der Waals surface area contributed by atoms with Gasteiger partial charge < -0.3 is 15.5 Å². The molecule has 0 aliphatic carbocycles. The quantitative estimate of drug-likeness (QED) is 0.838. The van der Waals surface area contributed by atoms with Crippen LogP contribution in [0.1, 0.15) is 5.69 Å². The largest absolute Gasteiger partial charge is 0.344 e. The van der Waals surface area contributed by atoms with Gasteiger partial charge in [0.05, 0.1) is 12.2 Å². The van der Waals surface area contributed by atoms with Crippen molar-refractivity contribution in [3.05, 3.63) is 17.3 Å². The monoisotopic (exact) mass is 265 g/mol. The molecule has 96 valence electrons. The molecule has 1 aliphatic rings. The van der Waals surface area contributed by atoms with Crippen molar-refractivity contribution in [2.75, 3.05) is 31.6 Å². The normalized spacial score (nSPS) is 16.9. The van der Waals surface area contributed by atoms with Gasteiger partial charge in [-0.3, -0.25) is 9.20 Å². The molecule has 1 amide bonds. The molecule has 0 spiro atoms. The van der Waals surface area contributed by atoms with Crippen molar-refractivity contribution in [3.8, 4) is 0 Å². The van der Waals surface area contributed by atoms with Gasteiger partial charge in [-0.05, 0) is 0 Å². The average molecular weight is 265 g/mol. The first-order chi connectivity index (χ1) is 8.70. The maximum Gasteiger partial charge on any atom is 0.241 e. The summed E-state index contributed by atoms with van der Waals surface area (Å²) in [6.45, 7) is 2.34. The molecule has 2 N–H and O–H groups in total. The highest BCUT2D eigenvalue weighted by Crippen LogP contribution is 2.25. The highest BCUT2D eigenvalue weighted by molar-refractivity contribution is 7.15. The van der Waals surface area contributed by atoms with Crippen LogP contribution in [0.2, 0.25) is 0 Å². The number of rotatable bonds is 2. The Bertz CT molecular complexity index is 589. The number of hydrogen-bond donors (Lipinski definition) is 1. The smallest absolute Gasteiger partial charge is 0.241 e. The number of nitrogens with two attached hydrogens (primary N) is 1. The number of hydrogen-bond acceptors (Lipinski definition) is 5. The second-order valence-corrected chi connectivity index (χ2v) is 5.25. The molecule has 0 aromatic carbocycles. The van der Waals surface area contributed by atoms with Crippen LogP contribution < -0.4 is 10.6 Å². The SMILES string of the molecule is CN1CCN(c2nc3sccn3c2CN)CC1=O. The number of piperazine rings is 1. The van der Waals surface area contributed by atoms with Gasteiger partial charge in [-0.25, -0.2) is 4.98 Å². The van der Waals surface area contributed by atoms with Crippen molar-refractivity contribution in [2.45, 2.75) is 6.54 Å². The van der Waals surface area contributed by atoms with Gasteiger partial charge in [-0.15, -0.1) is 11.3 Å². The number of aromatic nitrogens is 2. The minimum Gasteiger partial charge on any atom is -0.344 e. The first-order valence-electron chi connectivity index (χ1n) is 5.84. The van der Waals surface area contributed by atoms with Crippen molar-refractivity contribution >= 4 is 28.0 Å². The van der Waals surface area contributed by atoms with E-state index in [1.54, 1.807) is 16.2 Å². The molecule has 7 heteroatoms. The topological polar surface area (TPSA) is 66.9 Å². The molecule has 3 heterocycles. The van der Waals surface area contributed by atoms with Gasteiger partial charge in [-0.2, -0.15) is 0 Å². The molecule has 2 aromatic heterocycles. The summed E-state index contributed by atoms with van der Waals surface area (Å²) in [7, 11) is 1.83. The Morgan fingerprint density at radius 2 is 2.33 bits per heavy atom. The lowest BCUT2D eigenvalue weighted by Crippen LogP contribution is -2.49. The predicted molar refractivity (Wildman–Crippen MR) is 70.8 cm³/mol. The Kier molecular flexibility index (Phi) is 2.71. The third-order valence-corrected chi connectivity index (χ3v) is 4.05. The Balaban J connectivity index is 1.98. The van der Waals surface area contributed by atoms with E-state index in [2.05, 4.69) is 4.98 Å². The fourth-order valence-electron chi connectivity index (χ4n) is 2.20. The molecule has 0 unspecified atom stereocenters. The minimum atomic E-state index is 0.126. The van der Waals surface area contributed by atoms with Crippen molar-refractivity contribution < 1.29 is 4.79 Å². The van der Waals surface area contributed by atoms with Crippen molar-refractivity contribution in [3.63, 3.8) is 0 Å². The second-order valence-electron chi connectivity index (χ2n) is 4.38. The molecule has 0 saturated carbocycles. The number of nitrogens with zero attached hydrogens (tertiary/aromatic N) is 4. The van der Waals surface area contributed by atoms with Crippen molar-refractivity contribution in [2.24, 2.45) is 5.73 Å². The molecule has 0 bridgehead atoms. The Labute approximate surface area is 109 Å². The first kappa shape index (κ1) is 11.5. The molecule has 2 aromatic rings. The molecule has 0 radical (unpaired) electrons. The number of imidazole rings is 1. The summed E-state index contributed by atoms with van der Waals surface area (Å²) in [6.07, 6.45) is 1.97. The summed E-state index contributed by atoms with van der Waals surface area (Å²) >= 11 is 1.58. The van der Waals surface area contributed by atoms with Crippen LogP contribution in [0.4, 0.5) is 5.82 Å². The van der Waals surface area contributed by atoms with E-state index in [4.69, 9.17) is 5.73 Å². The van der Waals surface area contributed by atoms with Crippen molar-refractivity contribution in [1.29, 1.82) is 0 Å². The van der Waals surface area contributed by atoms with Crippen LogP contribution in [-0.2, 0) is 11.3 Å². The van der Waals surface area contributed by atoms with Gasteiger partial charge in [0.25, 0.3) is 0 Å². The van der Waals surface area contributed by atoms with E-state index in [0.717, 1.165) is 29.6 Å². The van der Waals surface area contributed by atoms with Crippen molar-refractivity contribution in [1.82, 2.24) is 14.3 Å². The van der Waals surface area contributed by atoms with E-state index in [1.807, 2.05) is 27.9 Å². The molecule has 3 rings (SSSR count). The number of fused-ring (bicyclic) bond motifs is 1. The van der Waals surface area contributed by atoms with Crippen LogP contribution in [0.15, 0.2) is 11.6 Å². The summed E-state index contributed by atoms with van der Waals surface area (Å²) in [6, 6.07) is 0. The molecule has 1 fully saturated rings. The van der Waals surface area contributed by atoms with E-state index < -0.39 is 0 Å². The van der Waals surface area contributed by atoms with Crippen LogP contribution in [-0.4, -0.2) is 46.9 Å². The van der Waals surface area contributed by atoms with Gasteiger partial charge in [0.2, 0.25) is 5.91 Å². The maximum absolute atomic E-state index is 11.8. The third-order valence-electron chi connectivity index (χ3n) is 3.29. The summed E-state index contributed by atoms with van der Waals surface area (Å²) in [5, 5.41) is 1.99. The number of likely N-dealkylation sites (N-methyl/N-ethyl adjacent to an activating group) is 1. The van der Waals surface area contributed by atoms with Crippen LogP contribution in [0.3, 0.4) is 0 Å². The molecular weight excluding hydrogens is 250 g/mol. The van der Waals surface area contributed by atoms with E-state index >= 15 is 0 Å². The van der Waals surface area contributed by atoms with Crippen LogP contribution >= 0.6 is 11.3 Å². The number of carbonyl (C=O) groups is 1. The number of thiazole rings is 1. The number of amides is 1. The highest BCUT2D eigenvalue weighted by Gasteiger charge is 2.25. The average Bonchev–Trinajstić information content (AvgIpc) is 2.92. The lowest BCUT2D eigenvalue weighted by molar-refractivity contribution is -0.129. The zero-order valence-corrected chi connectivity index (χ0v) is 11.0. The molecule has 18 heavy (non-hydrogen) atoms. The van der Waals surface area contributed by atoms with E-state index in [1.165, 1.54) is 0 Å². The van der Waals surface area contributed by atoms with Gasteiger partial charge in [0.1, 0.15) is 0 Å². The Morgan fingerprint density at radius 1 is 1.50 bits per heavy atom. The zero-order chi connectivity index (χ0) is 12.7. The maximum atomic E-state index is 11.8. The van der Waals surface area contributed by atoms with E-state index in [0.29, 0.717) is 13.1 Å². The first-order valence-corrected chi connectivity index (χ1v) is 6.72. The molecule has 1 aliphatic heterocycles. The lowest BCUT2D eigenvalue weighted by Gasteiger charge is -2.32. The third kappa shape index (κ3) is 1.67. The lowest BCUT2D eigenvalue weighted by atomic mass is 10.3. The minimum absolute atomic E-state index is 0.126. The second kappa shape index (κ2) is 4.25. The summed E-state index contributed by atoms with van der Waals surface area (Å²) in [4.78, 5) is 21.0. The van der Waals surface area contributed by atoms with E-state index in [9.17, 15) is 4.79 Å². The van der Waals surface area contributed by atoms with Crippen LogP contribution in [0.25, 0.3) is 4.96 Å². The van der Waals surface area contributed by atoms with E-state index in [-0.39, 0.29) is 5.91 Å². The highest BCUT2D eigenvalue weighted by atomic mass is 32.1. The fourth-order valence-corrected chi connectivity index (χ4v) is 2.93. The Morgan fingerprint density at radius 3 is 3.06 bits per heavy atom. The van der Waals surface area contributed by atoms with Crippen LogP contribution in [0, 0.1) is 0 Å². The molecule has 0 atom stereocenters. The summed E-state index contributed by atoms with van der Waals surface area (Å²) in [5.74, 6) is 0.978. The molecule has 6 nitrogen and oxygen atoms in total. The van der Waals surface area contributed by atoms with Gasteiger partial charge in [-0.1, -0.05) is 0 Å².